The second-order valence-electron chi connectivity index (χ2n) is 13.4. The minimum absolute atomic E-state index is 0.0463. The molecule has 0 spiro atoms. The molecule has 0 aromatic heterocycles. The van der Waals surface area contributed by atoms with E-state index >= 15 is 0 Å². The Morgan fingerprint density at radius 3 is 1.65 bits per heavy atom. The van der Waals surface area contributed by atoms with Crippen molar-refractivity contribution in [3.63, 3.8) is 0 Å². The molecule has 3 aliphatic heterocycles. The molecule has 0 N–H and O–H groups in total. The normalized spacial score (nSPS) is 14.6. The van der Waals surface area contributed by atoms with Crippen LogP contribution in [-0.4, -0.2) is 6.71 Å². The van der Waals surface area contributed by atoms with E-state index in [-0.39, 0.29) is 17.5 Å². The first kappa shape index (κ1) is 23.7. The Kier molecular flexibility index (Phi) is 4.57. The molecule has 8 rings (SSSR count). The van der Waals surface area contributed by atoms with Crippen LogP contribution < -0.4 is 30.8 Å². The van der Waals surface area contributed by atoms with E-state index in [1.54, 1.807) is 0 Å². The molecule has 5 aromatic rings. The van der Waals surface area contributed by atoms with Gasteiger partial charge >= 0.3 is 0 Å². The Labute approximate surface area is 236 Å². The van der Waals surface area contributed by atoms with Crippen LogP contribution in [0.2, 0.25) is 0 Å². The summed E-state index contributed by atoms with van der Waals surface area (Å²) in [4.78, 5) is 2.42. The van der Waals surface area contributed by atoms with Crippen LogP contribution >= 0.6 is 0 Å². The Morgan fingerprint density at radius 2 is 1.10 bits per heavy atom. The minimum Gasteiger partial charge on any atom is -0.458 e. The van der Waals surface area contributed by atoms with E-state index in [1.807, 2.05) is 0 Å². The van der Waals surface area contributed by atoms with Crippen LogP contribution in [0.25, 0.3) is 10.8 Å². The zero-order valence-corrected chi connectivity index (χ0v) is 23.9. The number of hydrogen-bond acceptors (Lipinski definition) is 3. The van der Waals surface area contributed by atoms with E-state index in [9.17, 15) is 0 Å². The van der Waals surface area contributed by atoms with Crippen molar-refractivity contribution in [1.29, 1.82) is 0 Å². The molecule has 3 heterocycles. The number of ether oxygens (including phenoxy) is 2. The van der Waals surface area contributed by atoms with Gasteiger partial charge in [-0.1, -0.05) is 90.1 Å². The lowest BCUT2D eigenvalue weighted by Gasteiger charge is -2.45. The minimum atomic E-state index is -0.0746. The topological polar surface area (TPSA) is 21.7 Å². The van der Waals surface area contributed by atoms with Crippen molar-refractivity contribution >= 4 is 50.9 Å². The molecule has 0 saturated heterocycles. The molecule has 0 unspecified atom stereocenters. The molecule has 0 saturated carbocycles. The molecule has 4 heteroatoms. The fourth-order valence-electron chi connectivity index (χ4n) is 6.89. The summed E-state index contributed by atoms with van der Waals surface area (Å²) in [7, 11) is 0. The summed E-state index contributed by atoms with van der Waals surface area (Å²) in [6.07, 6.45) is 0. The second kappa shape index (κ2) is 7.72. The van der Waals surface area contributed by atoms with Crippen LogP contribution in [0.5, 0.6) is 23.0 Å². The first-order valence-electron chi connectivity index (χ1n) is 14.2. The predicted octanol–water partition coefficient (Wildman–Crippen LogP) is 7.95. The fraction of sp³-hybridized carbons (Fsp3) is 0.222. The van der Waals surface area contributed by atoms with Crippen LogP contribution in [0.1, 0.15) is 52.7 Å². The maximum Gasteiger partial charge on any atom is 0.266 e. The van der Waals surface area contributed by atoms with Gasteiger partial charge in [0.15, 0.2) is 0 Å². The molecule has 0 aliphatic carbocycles. The molecule has 196 valence electrons. The third-order valence-corrected chi connectivity index (χ3v) is 8.75. The maximum absolute atomic E-state index is 6.85. The van der Waals surface area contributed by atoms with Crippen LogP contribution in [-0.2, 0) is 10.8 Å². The predicted molar refractivity (Wildman–Crippen MR) is 167 cm³/mol. The number of rotatable bonds is 1. The number of nitrogens with zero attached hydrogens (tertiary/aromatic N) is 1. The van der Waals surface area contributed by atoms with E-state index in [2.05, 4.69) is 131 Å². The molecule has 0 radical (unpaired) electrons. The summed E-state index contributed by atoms with van der Waals surface area (Å²) >= 11 is 0. The molecule has 3 aliphatic rings. The van der Waals surface area contributed by atoms with Gasteiger partial charge in [0.2, 0.25) is 0 Å². The molecule has 3 nitrogen and oxygen atoms in total. The van der Waals surface area contributed by atoms with Gasteiger partial charge in [-0.05, 0) is 80.1 Å². The van der Waals surface area contributed by atoms with E-state index < -0.39 is 0 Å². The average Bonchev–Trinajstić information content (AvgIpc) is 2.91. The van der Waals surface area contributed by atoms with Crippen molar-refractivity contribution in [2.24, 2.45) is 0 Å². The van der Waals surface area contributed by atoms with Crippen molar-refractivity contribution in [2.45, 2.75) is 52.4 Å². The zero-order valence-electron chi connectivity index (χ0n) is 23.9. The van der Waals surface area contributed by atoms with E-state index in [0.717, 1.165) is 34.1 Å². The van der Waals surface area contributed by atoms with Gasteiger partial charge in [-0.25, -0.2) is 0 Å². The quantitative estimate of drug-likeness (QED) is 0.205. The van der Waals surface area contributed by atoms with Gasteiger partial charge in [0.25, 0.3) is 6.71 Å². The largest absolute Gasteiger partial charge is 0.458 e. The molecule has 5 aromatic carbocycles. The molecule has 0 atom stereocenters. The summed E-state index contributed by atoms with van der Waals surface area (Å²) in [6, 6.07) is 30.7. The third-order valence-electron chi connectivity index (χ3n) is 8.75. The highest BCUT2D eigenvalue weighted by molar-refractivity contribution is 7.00. The van der Waals surface area contributed by atoms with Crippen LogP contribution in [0.3, 0.4) is 0 Å². The van der Waals surface area contributed by atoms with Crippen molar-refractivity contribution in [1.82, 2.24) is 0 Å². The molecule has 40 heavy (non-hydrogen) atoms. The van der Waals surface area contributed by atoms with Gasteiger partial charge in [-0.2, -0.15) is 0 Å². The lowest BCUT2D eigenvalue weighted by Crippen LogP contribution is -2.62. The van der Waals surface area contributed by atoms with Gasteiger partial charge in [0, 0.05) is 22.5 Å². The second-order valence-corrected chi connectivity index (χ2v) is 13.4. The van der Waals surface area contributed by atoms with Gasteiger partial charge in [-0.3, -0.25) is 0 Å². The monoisotopic (exact) mass is 521 g/mol. The number of hydrogen-bond donors (Lipinski definition) is 0. The number of anilines is 3. The van der Waals surface area contributed by atoms with Crippen LogP contribution in [0.15, 0.2) is 84.9 Å². The molecular weight excluding hydrogens is 489 g/mol. The standard InChI is InChI=1S/C36H32BNO2/c1-35(2,3)24-16-18-26-30-33(24)39-28-12-9-13-29-32(28)37(30)31-27(19-17-25(34(31)40-29)36(4,5)6)38(26)23-15-14-21-10-7-8-11-22(21)20-23/h7-20H,1-6H3. The molecule has 0 fully saturated rings. The van der Waals surface area contributed by atoms with Crippen LogP contribution in [0.4, 0.5) is 17.1 Å². The van der Waals surface area contributed by atoms with Gasteiger partial charge < -0.3 is 14.4 Å². The maximum atomic E-state index is 6.85. The highest BCUT2D eigenvalue weighted by Gasteiger charge is 2.49. The smallest absolute Gasteiger partial charge is 0.266 e. The Balaban J connectivity index is 1.51. The van der Waals surface area contributed by atoms with Gasteiger partial charge in [0.05, 0.1) is 0 Å². The van der Waals surface area contributed by atoms with Gasteiger partial charge in [0.1, 0.15) is 23.0 Å². The van der Waals surface area contributed by atoms with Crippen molar-refractivity contribution < 1.29 is 9.47 Å². The zero-order chi connectivity index (χ0) is 27.6. The van der Waals surface area contributed by atoms with Crippen molar-refractivity contribution in [2.75, 3.05) is 4.90 Å². The van der Waals surface area contributed by atoms with Crippen LogP contribution in [0, 0.1) is 0 Å². The Morgan fingerprint density at radius 1 is 0.550 bits per heavy atom. The van der Waals surface area contributed by atoms with E-state index in [4.69, 9.17) is 9.47 Å². The Hall–Kier alpha value is -4.18. The molecule has 0 bridgehead atoms. The summed E-state index contributed by atoms with van der Waals surface area (Å²) in [5.74, 6) is 3.78. The van der Waals surface area contributed by atoms with E-state index in [1.165, 1.54) is 44.2 Å². The van der Waals surface area contributed by atoms with Crippen molar-refractivity contribution in [3.05, 3.63) is 96.1 Å². The lowest BCUT2D eigenvalue weighted by molar-refractivity contribution is 0.441. The summed E-state index contributed by atoms with van der Waals surface area (Å²) in [6.45, 7) is 13.7. The molecular formula is C36H32BNO2. The first-order chi connectivity index (χ1) is 19.1. The fourth-order valence-corrected chi connectivity index (χ4v) is 6.89. The number of benzene rings is 5. The Bertz CT molecular complexity index is 1800. The summed E-state index contributed by atoms with van der Waals surface area (Å²) in [5.41, 5.74) is 9.41. The summed E-state index contributed by atoms with van der Waals surface area (Å²) in [5, 5.41) is 2.46. The van der Waals surface area contributed by atoms with E-state index in [0.29, 0.717) is 0 Å². The number of fused-ring (bicyclic) bond motifs is 1. The first-order valence-corrected chi connectivity index (χ1v) is 14.2. The average molecular weight is 521 g/mol. The SMILES string of the molecule is CC(C)(C)c1ccc2c3c1Oc1cccc4c1B3c1c(ccc(C(C)(C)C)c1O4)N2c1ccc2ccccc2c1. The summed E-state index contributed by atoms with van der Waals surface area (Å²) < 4.78 is 13.7. The van der Waals surface area contributed by atoms with Gasteiger partial charge in [-0.15, -0.1) is 0 Å². The van der Waals surface area contributed by atoms with Crippen molar-refractivity contribution in [3.8, 4) is 23.0 Å². The lowest BCUT2D eigenvalue weighted by atomic mass is 9.32. The molecule has 0 amide bonds. The highest BCUT2D eigenvalue weighted by Crippen LogP contribution is 2.49. The third kappa shape index (κ3) is 3.13. The highest BCUT2D eigenvalue weighted by atomic mass is 16.5.